The van der Waals surface area contributed by atoms with Gasteiger partial charge in [-0.05, 0) is 32.4 Å². The average Bonchev–Trinajstić information content (AvgIpc) is 2.76. The molecular formula is C13H18FNO2. The lowest BCUT2D eigenvalue weighted by atomic mass is 9.90. The lowest BCUT2D eigenvalue weighted by Gasteiger charge is -2.26. The molecule has 1 atom stereocenters. The van der Waals surface area contributed by atoms with Crippen molar-refractivity contribution in [2.24, 2.45) is 0 Å². The number of methoxy groups -OCH3 is 2. The first-order valence-corrected chi connectivity index (χ1v) is 5.78. The quantitative estimate of drug-likeness (QED) is 0.878. The van der Waals surface area contributed by atoms with Crippen molar-refractivity contribution in [1.29, 1.82) is 0 Å². The third-order valence-corrected chi connectivity index (χ3v) is 3.44. The Morgan fingerprint density at radius 3 is 2.41 bits per heavy atom. The lowest BCUT2D eigenvalue weighted by molar-refractivity contribution is 0.345. The lowest BCUT2D eigenvalue weighted by Crippen LogP contribution is -2.34. The van der Waals surface area contributed by atoms with E-state index in [1.807, 2.05) is 6.92 Å². The second kappa shape index (κ2) is 4.53. The molecule has 1 aliphatic rings. The summed E-state index contributed by atoms with van der Waals surface area (Å²) in [5, 5.41) is 3.34. The number of ether oxygens (including phenoxy) is 2. The zero-order valence-corrected chi connectivity index (χ0v) is 10.5. The van der Waals surface area contributed by atoms with E-state index < -0.39 is 0 Å². The van der Waals surface area contributed by atoms with E-state index in [1.165, 1.54) is 13.2 Å². The van der Waals surface area contributed by atoms with Crippen LogP contribution in [0, 0.1) is 5.82 Å². The molecule has 1 unspecified atom stereocenters. The first-order chi connectivity index (χ1) is 8.10. The van der Waals surface area contributed by atoms with Crippen molar-refractivity contribution in [3.63, 3.8) is 0 Å². The molecule has 0 aromatic heterocycles. The van der Waals surface area contributed by atoms with Crippen LogP contribution in [0.15, 0.2) is 12.1 Å². The molecule has 1 aromatic carbocycles. The summed E-state index contributed by atoms with van der Waals surface area (Å²) in [6, 6.07) is 3.12. The molecule has 1 saturated heterocycles. The van der Waals surface area contributed by atoms with E-state index in [1.54, 1.807) is 13.2 Å². The van der Waals surface area contributed by atoms with Crippen molar-refractivity contribution >= 4 is 0 Å². The predicted octanol–water partition coefficient (Wildman–Crippen LogP) is 2.44. The van der Waals surface area contributed by atoms with E-state index in [-0.39, 0.29) is 11.4 Å². The van der Waals surface area contributed by atoms with Crippen LogP contribution in [-0.4, -0.2) is 20.8 Å². The molecule has 0 amide bonds. The van der Waals surface area contributed by atoms with Gasteiger partial charge in [-0.1, -0.05) is 0 Å². The number of hydrogen-bond donors (Lipinski definition) is 1. The first-order valence-electron chi connectivity index (χ1n) is 5.78. The largest absolute Gasteiger partial charge is 0.493 e. The summed E-state index contributed by atoms with van der Waals surface area (Å²) in [4.78, 5) is 0. The second-order valence-electron chi connectivity index (χ2n) is 4.55. The molecule has 3 nitrogen and oxygen atoms in total. The summed E-state index contributed by atoms with van der Waals surface area (Å²) in [7, 11) is 3.07. The van der Waals surface area contributed by atoms with Crippen LogP contribution in [0.25, 0.3) is 0 Å². The van der Waals surface area contributed by atoms with E-state index in [9.17, 15) is 4.39 Å². The minimum Gasteiger partial charge on any atom is -0.493 e. The van der Waals surface area contributed by atoms with E-state index in [4.69, 9.17) is 9.47 Å². The third kappa shape index (κ3) is 2.09. The molecule has 17 heavy (non-hydrogen) atoms. The number of halogens is 1. The van der Waals surface area contributed by atoms with Crippen LogP contribution in [-0.2, 0) is 5.54 Å². The van der Waals surface area contributed by atoms with E-state index in [0.29, 0.717) is 17.1 Å². The molecule has 0 aliphatic carbocycles. The molecule has 1 aromatic rings. The second-order valence-corrected chi connectivity index (χ2v) is 4.55. The number of nitrogens with one attached hydrogen (secondary N) is 1. The molecule has 4 heteroatoms. The highest BCUT2D eigenvalue weighted by Gasteiger charge is 2.33. The van der Waals surface area contributed by atoms with Gasteiger partial charge in [-0.25, -0.2) is 4.39 Å². The van der Waals surface area contributed by atoms with Crippen LogP contribution < -0.4 is 14.8 Å². The molecule has 1 N–H and O–H groups in total. The number of benzene rings is 1. The smallest absolute Gasteiger partial charge is 0.163 e. The highest BCUT2D eigenvalue weighted by atomic mass is 19.1. The fourth-order valence-corrected chi connectivity index (χ4v) is 2.40. The summed E-state index contributed by atoms with van der Waals surface area (Å²) < 4.78 is 24.4. The summed E-state index contributed by atoms with van der Waals surface area (Å²) in [6.45, 7) is 2.94. The van der Waals surface area contributed by atoms with Gasteiger partial charge in [-0.3, -0.25) is 0 Å². The van der Waals surface area contributed by atoms with Crippen molar-refractivity contribution < 1.29 is 13.9 Å². The van der Waals surface area contributed by atoms with Gasteiger partial charge in [0.05, 0.1) is 14.2 Å². The van der Waals surface area contributed by atoms with Gasteiger partial charge in [0.2, 0.25) is 0 Å². The molecule has 0 bridgehead atoms. The summed E-state index contributed by atoms with van der Waals surface area (Å²) >= 11 is 0. The fourth-order valence-electron chi connectivity index (χ4n) is 2.40. The van der Waals surface area contributed by atoms with Crippen LogP contribution in [0.2, 0.25) is 0 Å². The average molecular weight is 239 g/mol. The van der Waals surface area contributed by atoms with Crippen LogP contribution in [0.3, 0.4) is 0 Å². The SMILES string of the molecule is COc1cc(F)c(C2(C)CCCN2)cc1OC. The maximum absolute atomic E-state index is 14.1. The Labute approximate surface area is 101 Å². The molecule has 0 radical (unpaired) electrons. The van der Waals surface area contributed by atoms with Crippen molar-refractivity contribution in [2.75, 3.05) is 20.8 Å². The Kier molecular flexibility index (Phi) is 3.24. The van der Waals surface area contributed by atoms with Gasteiger partial charge in [0.1, 0.15) is 5.82 Å². The van der Waals surface area contributed by atoms with Crippen molar-refractivity contribution in [2.45, 2.75) is 25.3 Å². The summed E-state index contributed by atoms with van der Waals surface area (Å²) in [5.41, 5.74) is 0.344. The van der Waals surface area contributed by atoms with Crippen molar-refractivity contribution in [3.05, 3.63) is 23.5 Å². The van der Waals surface area contributed by atoms with Crippen LogP contribution in [0.1, 0.15) is 25.3 Å². The summed E-state index contributed by atoms with van der Waals surface area (Å²) in [5.74, 6) is 0.744. The highest BCUT2D eigenvalue weighted by Crippen LogP contribution is 2.38. The minimum atomic E-state index is -0.302. The van der Waals surface area contributed by atoms with Gasteiger partial charge in [-0.2, -0.15) is 0 Å². The van der Waals surface area contributed by atoms with Crippen molar-refractivity contribution in [1.82, 2.24) is 5.32 Å². The van der Waals surface area contributed by atoms with Gasteiger partial charge in [-0.15, -0.1) is 0 Å². The van der Waals surface area contributed by atoms with Gasteiger partial charge in [0.25, 0.3) is 0 Å². The minimum absolute atomic E-state index is 0.250. The highest BCUT2D eigenvalue weighted by molar-refractivity contribution is 5.46. The normalized spacial score (nSPS) is 23.8. The van der Waals surface area contributed by atoms with E-state index >= 15 is 0 Å². The molecule has 0 spiro atoms. The Morgan fingerprint density at radius 2 is 1.88 bits per heavy atom. The summed E-state index contributed by atoms with van der Waals surface area (Å²) in [6.07, 6.45) is 1.99. The van der Waals surface area contributed by atoms with Gasteiger partial charge in [0.15, 0.2) is 11.5 Å². The van der Waals surface area contributed by atoms with Gasteiger partial charge >= 0.3 is 0 Å². The number of rotatable bonds is 3. The standard InChI is InChI=1S/C13H18FNO2/c1-13(5-4-6-15-13)9-7-11(16-2)12(17-3)8-10(9)14/h7-8,15H,4-6H2,1-3H3. The molecule has 94 valence electrons. The van der Waals surface area contributed by atoms with E-state index in [2.05, 4.69) is 5.32 Å². The van der Waals surface area contributed by atoms with Crippen LogP contribution in [0.5, 0.6) is 11.5 Å². The molecule has 2 rings (SSSR count). The first kappa shape index (κ1) is 12.2. The monoisotopic (exact) mass is 239 g/mol. The topological polar surface area (TPSA) is 30.5 Å². The Balaban J connectivity index is 2.47. The van der Waals surface area contributed by atoms with Crippen LogP contribution >= 0.6 is 0 Å². The maximum Gasteiger partial charge on any atom is 0.163 e. The number of hydrogen-bond acceptors (Lipinski definition) is 3. The predicted molar refractivity (Wildman–Crippen MR) is 64.1 cm³/mol. The third-order valence-electron chi connectivity index (χ3n) is 3.44. The van der Waals surface area contributed by atoms with Gasteiger partial charge < -0.3 is 14.8 Å². The molecule has 1 heterocycles. The van der Waals surface area contributed by atoms with Crippen molar-refractivity contribution in [3.8, 4) is 11.5 Å². The molecule has 1 aliphatic heterocycles. The Hall–Kier alpha value is -1.29. The molecular weight excluding hydrogens is 221 g/mol. The molecule has 1 fully saturated rings. The zero-order valence-electron chi connectivity index (χ0n) is 10.5. The van der Waals surface area contributed by atoms with E-state index in [0.717, 1.165) is 19.4 Å². The molecule has 0 saturated carbocycles. The fraction of sp³-hybridized carbons (Fsp3) is 0.538. The Morgan fingerprint density at radius 1 is 1.24 bits per heavy atom. The Bertz CT molecular complexity index is 414. The maximum atomic E-state index is 14.1. The zero-order chi connectivity index (χ0) is 12.5. The van der Waals surface area contributed by atoms with Gasteiger partial charge in [0, 0.05) is 17.2 Å². The van der Waals surface area contributed by atoms with Crippen LogP contribution in [0.4, 0.5) is 4.39 Å².